The topological polar surface area (TPSA) is 24.9 Å². The Hall–Kier alpha value is -1.17. The highest BCUT2D eigenvalue weighted by atomic mass is 19.4. The lowest BCUT2D eigenvalue weighted by Crippen LogP contribution is -2.39. The van der Waals surface area contributed by atoms with E-state index in [4.69, 9.17) is 0 Å². The Labute approximate surface area is 115 Å². The summed E-state index contributed by atoms with van der Waals surface area (Å²) in [6.45, 7) is 1.81. The summed E-state index contributed by atoms with van der Waals surface area (Å²) in [5, 5.41) is 3.16. The molecule has 1 aliphatic carbocycles. The fourth-order valence-electron chi connectivity index (χ4n) is 2.75. The molecule has 0 radical (unpaired) electrons. The highest BCUT2D eigenvalue weighted by Gasteiger charge is 2.42. The molecule has 1 saturated carbocycles. The highest BCUT2D eigenvalue weighted by molar-refractivity contribution is 5.14. The second-order valence-corrected chi connectivity index (χ2v) is 5.43. The fraction of sp³-hybridized carbons (Fsp3) is 0.643. The van der Waals surface area contributed by atoms with Crippen molar-refractivity contribution in [3.05, 3.63) is 29.8 Å². The standard InChI is InChI=1S/C14H18F4N2/c1-9(10-5-12(15)8-19-7-10)20-13-4-2-3-11(6-13)14(16,17)18/h5,7-9,11,13,20H,2-4,6H2,1H3. The average Bonchev–Trinajstić information content (AvgIpc) is 2.38. The first kappa shape index (κ1) is 15.2. The summed E-state index contributed by atoms with van der Waals surface area (Å²) in [6, 6.07) is 0.957. The zero-order valence-corrected chi connectivity index (χ0v) is 11.3. The largest absolute Gasteiger partial charge is 0.391 e. The summed E-state index contributed by atoms with van der Waals surface area (Å²) in [5.74, 6) is -1.67. The van der Waals surface area contributed by atoms with E-state index in [-0.39, 0.29) is 24.9 Å². The monoisotopic (exact) mass is 290 g/mol. The minimum atomic E-state index is -4.12. The predicted octanol–water partition coefficient (Wildman–Crippen LogP) is 3.99. The van der Waals surface area contributed by atoms with Crippen LogP contribution in [0.15, 0.2) is 18.5 Å². The van der Waals surface area contributed by atoms with Gasteiger partial charge in [0.15, 0.2) is 0 Å². The van der Waals surface area contributed by atoms with Gasteiger partial charge >= 0.3 is 6.18 Å². The molecule has 1 aromatic rings. The first-order chi connectivity index (χ1) is 9.36. The van der Waals surface area contributed by atoms with Crippen LogP contribution >= 0.6 is 0 Å². The van der Waals surface area contributed by atoms with Crippen molar-refractivity contribution in [1.82, 2.24) is 10.3 Å². The van der Waals surface area contributed by atoms with Crippen LogP contribution in [-0.2, 0) is 0 Å². The van der Waals surface area contributed by atoms with Crippen LogP contribution in [0.25, 0.3) is 0 Å². The number of pyridine rings is 1. The molecular formula is C14H18F4N2. The Balaban J connectivity index is 1.96. The van der Waals surface area contributed by atoms with Crippen molar-refractivity contribution in [2.24, 2.45) is 5.92 Å². The number of hydrogen-bond acceptors (Lipinski definition) is 2. The highest BCUT2D eigenvalue weighted by Crippen LogP contribution is 2.38. The molecule has 3 atom stereocenters. The summed E-state index contributed by atoms with van der Waals surface area (Å²) < 4.78 is 51.3. The molecule has 1 fully saturated rings. The fourth-order valence-corrected chi connectivity index (χ4v) is 2.75. The Morgan fingerprint density at radius 2 is 2.05 bits per heavy atom. The maximum absolute atomic E-state index is 13.1. The third-order valence-electron chi connectivity index (χ3n) is 3.85. The second-order valence-electron chi connectivity index (χ2n) is 5.43. The van der Waals surface area contributed by atoms with Gasteiger partial charge in [-0.05, 0) is 37.8 Å². The summed E-state index contributed by atoms with van der Waals surface area (Å²) in [5.41, 5.74) is 0.652. The van der Waals surface area contributed by atoms with E-state index in [0.717, 1.165) is 12.6 Å². The molecule has 6 heteroatoms. The molecular weight excluding hydrogens is 272 g/mol. The van der Waals surface area contributed by atoms with Crippen LogP contribution in [0.5, 0.6) is 0 Å². The molecule has 0 aliphatic heterocycles. The number of nitrogens with zero attached hydrogens (tertiary/aromatic N) is 1. The Morgan fingerprint density at radius 3 is 2.70 bits per heavy atom. The minimum absolute atomic E-state index is 0.0938. The summed E-state index contributed by atoms with van der Waals surface area (Å²) in [4.78, 5) is 3.76. The zero-order chi connectivity index (χ0) is 14.8. The lowest BCUT2D eigenvalue weighted by atomic mass is 9.85. The normalized spacial score (nSPS) is 25.4. The number of aromatic nitrogens is 1. The van der Waals surface area contributed by atoms with Gasteiger partial charge in [0, 0.05) is 18.3 Å². The molecule has 0 bridgehead atoms. The van der Waals surface area contributed by atoms with Crippen LogP contribution in [0.4, 0.5) is 17.6 Å². The molecule has 1 N–H and O–H groups in total. The Kier molecular flexibility index (Phi) is 4.62. The number of hydrogen-bond donors (Lipinski definition) is 1. The van der Waals surface area contributed by atoms with Crippen LogP contribution in [0.1, 0.15) is 44.2 Å². The first-order valence-electron chi connectivity index (χ1n) is 6.79. The number of rotatable bonds is 3. The molecule has 1 heterocycles. The van der Waals surface area contributed by atoms with Gasteiger partial charge in [0.25, 0.3) is 0 Å². The third kappa shape index (κ3) is 3.91. The van der Waals surface area contributed by atoms with Gasteiger partial charge in [-0.3, -0.25) is 4.98 Å². The molecule has 112 valence electrons. The van der Waals surface area contributed by atoms with E-state index >= 15 is 0 Å². The molecule has 1 aromatic heterocycles. The van der Waals surface area contributed by atoms with E-state index in [0.29, 0.717) is 12.0 Å². The van der Waals surface area contributed by atoms with Crippen molar-refractivity contribution in [2.75, 3.05) is 0 Å². The van der Waals surface area contributed by atoms with Crippen LogP contribution in [0, 0.1) is 11.7 Å². The SMILES string of the molecule is CC(NC1CCCC(C(F)(F)F)C1)c1cncc(F)c1. The molecule has 2 nitrogen and oxygen atoms in total. The van der Waals surface area contributed by atoms with Crippen LogP contribution < -0.4 is 5.32 Å². The van der Waals surface area contributed by atoms with E-state index in [1.807, 2.05) is 6.92 Å². The predicted molar refractivity (Wildman–Crippen MR) is 67.5 cm³/mol. The van der Waals surface area contributed by atoms with Gasteiger partial charge in [0.1, 0.15) is 5.82 Å². The lowest BCUT2D eigenvalue weighted by molar-refractivity contribution is -0.183. The van der Waals surface area contributed by atoms with Gasteiger partial charge in [0.2, 0.25) is 0 Å². The molecule has 20 heavy (non-hydrogen) atoms. The Morgan fingerprint density at radius 1 is 1.30 bits per heavy atom. The molecule has 2 rings (SSSR count). The van der Waals surface area contributed by atoms with Gasteiger partial charge in [0.05, 0.1) is 12.1 Å². The number of halogens is 4. The molecule has 1 aliphatic rings. The smallest absolute Gasteiger partial charge is 0.307 e. The molecule has 0 spiro atoms. The van der Waals surface area contributed by atoms with E-state index in [1.165, 1.54) is 12.3 Å². The third-order valence-corrected chi connectivity index (χ3v) is 3.85. The van der Waals surface area contributed by atoms with Gasteiger partial charge in [-0.15, -0.1) is 0 Å². The summed E-state index contributed by atoms with van der Waals surface area (Å²) >= 11 is 0. The van der Waals surface area contributed by atoms with Crippen molar-refractivity contribution in [3.63, 3.8) is 0 Å². The van der Waals surface area contributed by atoms with Crippen molar-refractivity contribution in [1.29, 1.82) is 0 Å². The van der Waals surface area contributed by atoms with E-state index in [2.05, 4.69) is 10.3 Å². The number of alkyl halides is 3. The van der Waals surface area contributed by atoms with E-state index in [9.17, 15) is 17.6 Å². The van der Waals surface area contributed by atoms with Crippen LogP contribution in [0.2, 0.25) is 0 Å². The summed E-state index contributed by atoms with van der Waals surface area (Å²) in [6.07, 6.45) is 0.106. The lowest BCUT2D eigenvalue weighted by Gasteiger charge is -2.33. The maximum Gasteiger partial charge on any atom is 0.391 e. The molecule has 3 unspecified atom stereocenters. The van der Waals surface area contributed by atoms with Crippen LogP contribution in [-0.4, -0.2) is 17.2 Å². The molecule has 0 aromatic carbocycles. The van der Waals surface area contributed by atoms with Crippen molar-refractivity contribution >= 4 is 0 Å². The minimum Gasteiger partial charge on any atom is -0.307 e. The molecule has 0 saturated heterocycles. The second kappa shape index (κ2) is 6.08. The van der Waals surface area contributed by atoms with Gasteiger partial charge in [-0.2, -0.15) is 13.2 Å². The van der Waals surface area contributed by atoms with Gasteiger partial charge in [-0.25, -0.2) is 4.39 Å². The van der Waals surface area contributed by atoms with Crippen molar-refractivity contribution in [3.8, 4) is 0 Å². The van der Waals surface area contributed by atoms with Crippen LogP contribution in [0.3, 0.4) is 0 Å². The van der Waals surface area contributed by atoms with Gasteiger partial charge < -0.3 is 5.32 Å². The van der Waals surface area contributed by atoms with E-state index in [1.54, 1.807) is 0 Å². The van der Waals surface area contributed by atoms with Gasteiger partial charge in [-0.1, -0.05) is 6.42 Å². The van der Waals surface area contributed by atoms with Crippen molar-refractivity contribution < 1.29 is 17.6 Å². The zero-order valence-electron chi connectivity index (χ0n) is 11.3. The quantitative estimate of drug-likeness (QED) is 0.851. The van der Waals surface area contributed by atoms with Crippen molar-refractivity contribution in [2.45, 2.75) is 50.9 Å². The molecule has 0 amide bonds. The maximum atomic E-state index is 13.1. The Bertz CT molecular complexity index is 447. The summed E-state index contributed by atoms with van der Waals surface area (Å²) in [7, 11) is 0. The average molecular weight is 290 g/mol. The first-order valence-corrected chi connectivity index (χ1v) is 6.79. The number of nitrogens with one attached hydrogen (secondary N) is 1. The van der Waals surface area contributed by atoms with E-state index < -0.39 is 17.9 Å².